The Morgan fingerprint density at radius 1 is 1.18 bits per heavy atom. The second-order valence-corrected chi connectivity index (χ2v) is 1.78. The molecule has 2 aromatic rings. The quantitative estimate of drug-likeness (QED) is 0.650. The van der Waals surface area contributed by atoms with Crippen LogP contribution in [0.2, 0.25) is 0 Å². The first-order valence-electron chi connectivity index (χ1n) is 2.67. The number of nitrogens with zero attached hydrogens (tertiary/aromatic N) is 3. The zero-order valence-corrected chi connectivity index (χ0v) is 10.3. The van der Waals surface area contributed by atoms with Crippen LogP contribution in [0.3, 0.4) is 0 Å². The Labute approximate surface area is 88.9 Å². The minimum Gasteiger partial charge on any atom is -0.358 e. The molecule has 0 N–H and O–H groups in total. The molecule has 0 radical (unpaired) electrons. The van der Waals surface area contributed by atoms with Gasteiger partial charge in [0.15, 0.2) is 0 Å². The van der Waals surface area contributed by atoms with Gasteiger partial charge in [-0.25, -0.2) is 0 Å². The van der Waals surface area contributed by atoms with Crippen LogP contribution < -0.4 is 5.10 Å². The Bertz CT molecular complexity index is 288. The molecule has 0 aliphatic heterocycles. The summed E-state index contributed by atoms with van der Waals surface area (Å²) in [5, 5.41) is 11.0. The molecular weight excluding hydrogens is 364 g/mol. The Morgan fingerprint density at radius 3 is 2.64 bits per heavy atom. The standard InChI is InChI=1S/C6H4N3.CH3.U/c1-2-4-6-5(3-1)7-9-8-6;;/h1-4H;1H3;/q2*-1;+2. The second kappa shape index (κ2) is 4.53. The maximum absolute atomic E-state index is 3.76. The van der Waals surface area contributed by atoms with Gasteiger partial charge in [0.2, 0.25) is 0 Å². The smallest absolute Gasteiger partial charge is 0.358 e. The van der Waals surface area contributed by atoms with Crippen molar-refractivity contribution in [2.75, 3.05) is 0 Å². The van der Waals surface area contributed by atoms with E-state index >= 15 is 0 Å². The number of hydrogen-bond donors (Lipinski definition) is 0. The van der Waals surface area contributed by atoms with Crippen molar-refractivity contribution in [3.8, 4) is 0 Å². The fraction of sp³-hybridized carbons (Fsp3) is 0. The first-order chi connectivity index (χ1) is 4.47. The molecule has 0 fully saturated rings. The Hall–Kier alpha value is -0.328. The fourth-order valence-corrected chi connectivity index (χ4v) is 0.752. The molecule has 0 amide bonds. The molecule has 0 bridgehead atoms. The molecule has 4 heteroatoms. The molecular formula is C7H7N3U. The third-order valence-corrected chi connectivity index (χ3v) is 1.19. The summed E-state index contributed by atoms with van der Waals surface area (Å²) in [5.41, 5.74) is 1.72. The normalized spacial score (nSPS) is 8.36. The van der Waals surface area contributed by atoms with Crippen LogP contribution in [0.5, 0.6) is 0 Å². The monoisotopic (exact) mass is 371 g/mol. The zero-order chi connectivity index (χ0) is 6.10. The van der Waals surface area contributed by atoms with Crippen molar-refractivity contribution in [3.63, 3.8) is 0 Å². The molecule has 1 aromatic carbocycles. The molecule has 1 heterocycles. The van der Waals surface area contributed by atoms with Gasteiger partial charge in [-0.15, -0.1) is 0 Å². The number of aromatic nitrogens is 3. The van der Waals surface area contributed by atoms with Crippen molar-refractivity contribution in [1.82, 2.24) is 15.4 Å². The van der Waals surface area contributed by atoms with E-state index in [-0.39, 0.29) is 38.5 Å². The molecule has 0 aliphatic carbocycles. The summed E-state index contributed by atoms with van der Waals surface area (Å²) >= 11 is 0. The summed E-state index contributed by atoms with van der Waals surface area (Å²) in [6.07, 6.45) is 0. The first kappa shape index (κ1) is 10.7. The van der Waals surface area contributed by atoms with Crippen molar-refractivity contribution in [1.29, 1.82) is 0 Å². The zero-order valence-electron chi connectivity index (χ0n) is 6.15. The van der Waals surface area contributed by atoms with Crippen LogP contribution in [-0.4, -0.2) is 10.3 Å². The third kappa shape index (κ3) is 2.05. The van der Waals surface area contributed by atoms with Gasteiger partial charge in [0, 0.05) is 0 Å². The first-order valence-corrected chi connectivity index (χ1v) is 2.67. The summed E-state index contributed by atoms with van der Waals surface area (Å²) < 4.78 is 0. The van der Waals surface area contributed by atoms with E-state index in [9.17, 15) is 0 Å². The molecule has 0 spiro atoms. The van der Waals surface area contributed by atoms with E-state index in [2.05, 4.69) is 15.4 Å². The van der Waals surface area contributed by atoms with Crippen molar-refractivity contribution in [2.45, 2.75) is 0 Å². The van der Waals surface area contributed by atoms with E-state index in [1.54, 1.807) is 0 Å². The van der Waals surface area contributed by atoms with Gasteiger partial charge in [-0.05, 0) is 11.0 Å². The summed E-state index contributed by atoms with van der Waals surface area (Å²) in [7, 11) is 0. The van der Waals surface area contributed by atoms with Gasteiger partial charge in [-0.3, -0.25) is 5.21 Å². The Kier molecular flexibility index (Phi) is 4.39. The number of rotatable bonds is 0. The van der Waals surface area contributed by atoms with Gasteiger partial charge in [-0.2, -0.15) is 0 Å². The Balaban J connectivity index is 0.000000500. The molecule has 0 atom stereocenters. The van der Waals surface area contributed by atoms with Crippen LogP contribution in [-0.2, 0) is 0 Å². The van der Waals surface area contributed by atoms with E-state index in [0.29, 0.717) is 0 Å². The van der Waals surface area contributed by atoms with Crippen LogP contribution in [0, 0.1) is 38.5 Å². The summed E-state index contributed by atoms with van der Waals surface area (Å²) in [6.45, 7) is 0. The van der Waals surface area contributed by atoms with E-state index in [1.165, 1.54) is 0 Å². The van der Waals surface area contributed by atoms with Crippen LogP contribution in [0.15, 0.2) is 24.3 Å². The molecule has 0 unspecified atom stereocenters. The predicted molar refractivity (Wildman–Crippen MR) is 39.3 cm³/mol. The minimum absolute atomic E-state index is 0. The Morgan fingerprint density at radius 2 is 1.91 bits per heavy atom. The van der Waals surface area contributed by atoms with Gasteiger partial charge in [0.1, 0.15) is 0 Å². The largest absolute Gasteiger partial charge is 2.00 e. The number of hydrogen-bond acceptors (Lipinski definition) is 2. The van der Waals surface area contributed by atoms with Gasteiger partial charge in [-0.1, -0.05) is 24.3 Å². The average molecular weight is 371 g/mol. The number of benzene rings is 1. The maximum Gasteiger partial charge on any atom is 2.00 e. The van der Waals surface area contributed by atoms with E-state index in [1.807, 2.05) is 24.3 Å². The summed E-state index contributed by atoms with van der Waals surface area (Å²) in [5.74, 6) is 0. The molecule has 0 saturated heterocycles. The molecule has 0 saturated carbocycles. The van der Waals surface area contributed by atoms with E-state index in [4.69, 9.17) is 0 Å². The van der Waals surface area contributed by atoms with Crippen LogP contribution >= 0.6 is 0 Å². The molecule has 1 aromatic heterocycles. The van der Waals surface area contributed by atoms with Crippen LogP contribution in [0.25, 0.3) is 11.0 Å². The van der Waals surface area contributed by atoms with E-state index < -0.39 is 0 Å². The van der Waals surface area contributed by atoms with Crippen molar-refractivity contribution in [2.24, 2.45) is 0 Å². The average Bonchev–Trinajstić information content (AvgIpc) is 2.33. The van der Waals surface area contributed by atoms with Crippen LogP contribution in [0.1, 0.15) is 0 Å². The number of fused-ring (bicyclic) bond motifs is 1. The SMILES string of the molecule is [CH3-].[U+2].c1ccc2[n-]nnc2c1. The molecule has 0 aliphatic rings. The van der Waals surface area contributed by atoms with Gasteiger partial charge in [0.05, 0.1) is 0 Å². The maximum atomic E-state index is 3.76. The van der Waals surface area contributed by atoms with E-state index in [0.717, 1.165) is 11.0 Å². The molecule has 54 valence electrons. The van der Waals surface area contributed by atoms with Crippen LogP contribution in [0.4, 0.5) is 0 Å². The van der Waals surface area contributed by atoms with Crippen molar-refractivity contribution < 1.29 is 31.1 Å². The topological polar surface area (TPSA) is 39.9 Å². The fourth-order valence-electron chi connectivity index (χ4n) is 0.752. The molecule has 3 nitrogen and oxygen atoms in total. The van der Waals surface area contributed by atoms with Gasteiger partial charge < -0.3 is 17.6 Å². The van der Waals surface area contributed by atoms with Crippen molar-refractivity contribution >= 4 is 11.0 Å². The summed E-state index contributed by atoms with van der Waals surface area (Å²) in [4.78, 5) is 0. The predicted octanol–water partition coefficient (Wildman–Crippen LogP) is 1.04. The van der Waals surface area contributed by atoms with Gasteiger partial charge >= 0.3 is 31.1 Å². The second-order valence-electron chi connectivity index (χ2n) is 1.78. The molecule has 2 rings (SSSR count). The minimum atomic E-state index is 0. The summed E-state index contributed by atoms with van der Waals surface area (Å²) in [6, 6.07) is 7.60. The van der Waals surface area contributed by atoms with Gasteiger partial charge in [0.25, 0.3) is 0 Å². The molecule has 11 heavy (non-hydrogen) atoms. The third-order valence-electron chi connectivity index (χ3n) is 1.19. The van der Waals surface area contributed by atoms with Crippen molar-refractivity contribution in [3.05, 3.63) is 31.7 Å².